The Morgan fingerprint density at radius 3 is 2.59 bits per heavy atom. The lowest BCUT2D eigenvalue weighted by Crippen LogP contribution is -2.31. The molecule has 2 aromatic carbocycles. The predicted molar refractivity (Wildman–Crippen MR) is 103 cm³/mol. The standard InChI is InChI=1S/C21H17ClF3N3O/c22-19-14(2-1-3-18(19)29)11-28-9-8-17-15(12-28)10-26-20(27-17)13-4-6-16(7-5-13)21(23,24)25/h1-7,10,29H,8-9,11-12H2. The molecule has 0 radical (unpaired) electrons. The molecule has 150 valence electrons. The third kappa shape index (κ3) is 4.21. The SMILES string of the molecule is Oc1cccc(CN2CCc3nc(-c4ccc(C(F)(F)F)cc4)ncc3C2)c1Cl. The first-order valence-electron chi connectivity index (χ1n) is 9.02. The lowest BCUT2D eigenvalue weighted by Gasteiger charge is -2.28. The van der Waals surface area contributed by atoms with E-state index in [0.29, 0.717) is 35.9 Å². The van der Waals surface area contributed by atoms with Crippen LogP contribution in [-0.2, 0) is 25.7 Å². The second-order valence-corrected chi connectivity index (χ2v) is 7.33. The molecule has 3 aromatic rings. The molecule has 8 heteroatoms. The summed E-state index contributed by atoms with van der Waals surface area (Å²) < 4.78 is 38.2. The van der Waals surface area contributed by atoms with Crippen LogP contribution in [0.4, 0.5) is 13.2 Å². The summed E-state index contributed by atoms with van der Waals surface area (Å²) in [5, 5.41) is 10.1. The average Bonchev–Trinajstić information content (AvgIpc) is 2.70. The lowest BCUT2D eigenvalue weighted by molar-refractivity contribution is -0.137. The third-order valence-electron chi connectivity index (χ3n) is 4.94. The summed E-state index contributed by atoms with van der Waals surface area (Å²) >= 11 is 6.17. The maximum atomic E-state index is 12.7. The molecule has 1 aliphatic rings. The van der Waals surface area contributed by atoms with Gasteiger partial charge in [0.2, 0.25) is 0 Å². The zero-order valence-corrected chi connectivity index (χ0v) is 16.0. The zero-order chi connectivity index (χ0) is 20.6. The minimum Gasteiger partial charge on any atom is -0.506 e. The number of hydrogen-bond donors (Lipinski definition) is 1. The topological polar surface area (TPSA) is 49.2 Å². The number of aromatic nitrogens is 2. The van der Waals surface area contributed by atoms with Crippen molar-refractivity contribution in [3.05, 3.63) is 76.1 Å². The van der Waals surface area contributed by atoms with Crippen LogP contribution in [0.1, 0.15) is 22.4 Å². The normalized spacial score (nSPS) is 14.6. The lowest BCUT2D eigenvalue weighted by atomic mass is 10.1. The highest BCUT2D eigenvalue weighted by atomic mass is 35.5. The van der Waals surface area contributed by atoms with E-state index in [-0.39, 0.29) is 5.75 Å². The quantitative estimate of drug-likeness (QED) is 0.643. The molecule has 29 heavy (non-hydrogen) atoms. The Balaban J connectivity index is 1.50. The van der Waals surface area contributed by atoms with Crippen LogP contribution in [0.5, 0.6) is 5.75 Å². The van der Waals surface area contributed by atoms with E-state index in [4.69, 9.17) is 11.6 Å². The molecule has 4 nitrogen and oxygen atoms in total. The highest BCUT2D eigenvalue weighted by Gasteiger charge is 2.30. The maximum absolute atomic E-state index is 12.7. The van der Waals surface area contributed by atoms with E-state index in [2.05, 4.69) is 14.9 Å². The van der Waals surface area contributed by atoms with Gasteiger partial charge in [0.15, 0.2) is 5.82 Å². The molecule has 0 atom stereocenters. The summed E-state index contributed by atoms with van der Waals surface area (Å²) in [5.74, 6) is 0.480. The minimum absolute atomic E-state index is 0.0612. The van der Waals surface area contributed by atoms with Crippen LogP contribution in [0.15, 0.2) is 48.7 Å². The van der Waals surface area contributed by atoms with Crippen molar-refractivity contribution >= 4 is 11.6 Å². The smallest absolute Gasteiger partial charge is 0.416 e. The molecule has 0 saturated carbocycles. The van der Waals surface area contributed by atoms with Gasteiger partial charge in [-0.05, 0) is 23.8 Å². The van der Waals surface area contributed by atoms with Gasteiger partial charge in [0.05, 0.1) is 16.3 Å². The Kier molecular flexibility index (Phi) is 5.19. The van der Waals surface area contributed by atoms with Gasteiger partial charge in [-0.25, -0.2) is 9.97 Å². The van der Waals surface area contributed by atoms with Crippen molar-refractivity contribution < 1.29 is 18.3 Å². The molecule has 1 aromatic heterocycles. The summed E-state index contributed by atoms with van der Waals surface area (Å²) in [5.41, 5.74) is 2.57. The van der Waals surface area contributed by atoms with Crippen molar-refractivity contribution in [1.82, 2.24) is 14.9 Å². The van der Waals surface area contributed by atoms with Gasteiger partial charge in [0.1, 0.15) is 5.75 Å². The summed E-state index contributed by atoms with van der Waals surface area (Å²) in [4.78, 5) is 11.1. The Morgan fingerprint density at radius 2 is 1.86 bits per heavy atom. The van der Waals surface area contributed by atoms with Crippen molar-refractivity contribution in [2.75, 3.05) is 6.54 Å². The van der Waals surface area contributed by atoms with Gasteiger partial charge in [-0.1, -0.05) is 35.9 Å². The predicted octanol–water partition coefficient (Wildman–Crippen LogP) is 5.08. The minimum atomic E-state index is -4.36. The molecule has 0 saturated heterocycles. The van der Waals surface area contributed by atoms with Crippen LogP contribution in [0.2, 0.25) is 5.02 Å². The maximum Gasteiger partial charge on any atom is 0.416 e. The van der Waals surface area contributed by atoms with Gasteiger partial charge in [-0.15, -0.1) is 0 Å². The Bertz CT molecular complexity index is 1040. The van der Waals surface area contributed by atoms with Gasteiger partial charge in [-0.3, -0.25) is 4.90 Å². The number of aromatic hydroxyl groups is 1. The van der Waals surface area contributed by atoms with E-state index >= 15 is 0 Å². The largest absolute Gasteiger partial charge is 0.506 e. The summed E-state index contributed by atoms with van der Waals surface area (Å²) in [7, 11) is 0. The van der Waals surface area contributed by atoms with Crippen LogP contribution >= 0.6 is 11.6 Å². The highest BCUT2D eigenvalue weighted by molar-refractivity contribution is 6.32. The van der Waals surface area contributed by atoms with Crippen molar-refractivity contribution in [3.8, 4) is 17.1 Å². The second kappa shape index (κ2) is 7.65. The van der Waals surface area contributed by atoms with Gasteiger partial charge < -0.3 is 5.11 Å². The first-order valence-corrected chi connectivity index (χ1v) is 9.40. The number of rotatable bonds is 3. The number of halogens is 4. The molecular weight excluding hydrogens is 403 g/mol. The first-order chi connectivity index (χ1) is 13.8. The fourth-order valence-corrected chi connectivity index (χ4v) is 3.57. The highest BCUT2D eigenvalue weighted by Crippen LogP contribution is 2.31. The molecule has 1 aliphatic heterocycles. The number of nitrogens with zero attached hydrogens (tertiary/aromatic N) is 3. The van der Waals surface area contributed by atoms with Crippen LogP contribution in [0.3, 0.4) is 0 Å². The Hall–Kier alpha value is -2.64. The van der Waals surface area contributed by atoms with Crippen LogP contribution in [0, 0.1) is 0 Å². The molecule has 0 spiro atoms. The van der Waals surface area contributed by atoms with Crippen molar-refractivity contribution in [2.45, 2.75) is 25.7 Å². The van der Waals surface area contributed by atoms with Crippen LogP contribution in [0.25, 0.3) is 11.4 Å². The molecule has 2 heterocycles. The Labute approximate surface area is 170 Å². The second-order valence-electron chi connectivity index (χ2n) is 6.95. The van der Waals surface area contributed by atoms with E-state index in [1.165, 1.54) is 12.1 Å². The summed E-state index contributed by atoms with van der Waals surface area (Å²) in [6.45, 7) is 1.98. The molecule has 4 rings (SSSR count). The van der Waals surface area contributed by atoms with Gasteiger partial charge >= 0.3 is 6.18 Å². The fourth-order valence-electron chi connectivity index (χ4n) is 3.39. The zero-order valence-electron chi connectivity index (χ0n) is 15.2. The van der Waals surface area contributed by atoms with E-state index < -0.39 is 11.7 Å². The molecular formula is C21H17ClF3N3O. The molecule has 0 bridgehead atoms. The summed E-state index contributed by atoms with van der Waals surface area (Å²) in [6, 6.07) is 10.1. The number of alkyl halides is 3. The molecule has 0 unspecified atom stereocenters. The molecule has 0 fully saturated rings. The fraction of sp³-hybridized carbons (Fsp3) is 0.238. The van der Waals surface area contributed by atoms with E-state index in [0.717, 1.165) is 35.5 Å². The van der Waals surface area contributed by atoms with E-state index in [1.54, 1.807) is 18.3 Å². The number of benzene rings is 2. The molecule has 0 amide bonds. The van der Waals surface area contributed by atoms with Crippen LogP contribution in [-0.4, -0.2) is 26.5 Å². The van der Waals surface area contributed by atoms with E-state index in [1.807, 2.05) is 6.07 Å². The average molecular weight is 420 g/mol. The first kappa shape index (κ1) is 19.7. The van der Waals surface area contributed by atoms with E-state index in [9.17, 15) is 18.3 Å². The summed E-state index contributed by atoms with van der Waals surface area (Å²) in [6.07, 6.45) is -1.94. The van der Waals surface area contributed by atoms with Crippen molar-refractivity contribution in [3.63, 3.8) is 0 Å². The third-order valence-corrected chi connectivity index (χ3v) is 5.37. The molecule has 0 aliphatic carbocycles. The van der Waals surface area contributed by atoms with Crippen LogP contribution < -0.4 is 0 Å². The number of phenolic OH excluding ortho intramolecular Hbond substituents is 1. The van der Waals surface area contributed by atoms with Crippen molar-refractivity contribution in [1.29, 1.82) is 0 Å². The number of phenols is 1. The number of fused-ring (bicyclic) bond motifs is 1. The van der Waals surface area contributed by atoms with Gasteiger partial charge in [0.25, 0.3) is 0 Å². The van der Waals surface area contributed by atoms with Crippen molar-refractivity contribution in [2.24, 2.45) is 0 Å². The number of hydrogen-bond acceptors (Lipinski definition) is 4. The molecule has 1 N–H and O–H groups in total. The Morgan fingerprint density at radius 1 is 1.10 bits per heavy atom. The van der Waals surface area contributed by atoms with Gasteiger partial charge in [0, 0.05) is 43.4 Å². The monoisotopic (exact) mass is 419 g/mol. The van der Waals surface area contributed by atoms with Gasteiger partial charge in [-0.2, -0.15) is 13.2 Å².